The van der Waals surface area contributed by atoms with Gasteiger partial charge in [-0.2, -0.15) is 0 Å². The predicted octanol–water partition coefficient (Wildman–Crippen LogP) is 3.24. The van der Waals surface area contributed by atoms with Crippen molar-refractivity contribution in [2.24, 2.45) is 0 Å². The molecule has 0 amide bonds. The summed E-state index contributed by atoms with van der Waals surface area (Å²) in [7, 11) is 1.58. The van der Waals surface area contributed by atoms with Crippen LogP contribution < -0.4 is 14.8 Å². The first-order valence-corrected chi connectivity index (χ1v) is 6.39. The second kappa shape index (κ2) is 6.75. The van der Waals surface area contributed by atoms with E-state index in [0.29, 0.717) is 24.8 Å². The Labute approximate surface area is 117 Å². The van der Waals surface area contributed by atoms with Crippen molar-refractivity contribution in [3.05, 3.63) is 47.9 Å². The minimum Gasteiger partial charge on any atom is -0.492 e. The number of halogens is 1. The fraction of sp³-hybridized carbons (Fsp3) is 0.267. The van der Waals surface area contributed by atoms with Gasteiger partial charge in [0.25, 0.3) is 0 Å². The van der Waals surface area contributed by atoms with Gasteiger partial charge in [-0.3, -0.25) is 0 Å². The zero-order chi connectivity index (χ0) is 14.4. The van der Waals surface area contributed by atoms with Crippen LogP contribution in [0.15, 0.2) is 36.4 Å². The van der Waals surface area contributed by atoms with E-state index < -0.39 is 0 Å². The van der Waals surface area contributed by atoms with E-state index in [9.17, 15) is 4.39 Å². The molecule has 20 heavy (non-hydrogen) atoms. The lowest BCUT2D eigenvalue weighted by Gasteiger charge is -2.12. The zero-order valence-corrected chi connectivity index (χ0v) is 11.5. The van der Waals surface area contributed by atoms with Crippen LogP contribution in [-0.2, 0) is 6.54 Å². The van der Waals surface area contributed by atoms with E-state index in [1.807, 2.05) is 19.1 Å². The summed E-state index contributed by atoms with van der Waals surface area (Å²) in [6.45, 7) is 2.84. The molecular weight excluding hydrogens is 259 g/mol. The van der Waals surface area contributed by atoms with Crippen LogP contribution in [0.25, 0.3) is 0 Å². The second-order valence-corrected chi connectivity index (χ2v) is 4.10. The van der Waals surface area contributed by atoms with Gasteiger partial charge >= 0.3 is 0 Å². The van der Waals surface area contributed by atoms with Gasteiger partial charge in [-0.25, -0.2) is 9.37 Å². The maximum Gasteiger partial charge on any atom is 0.213 e. The van der Waals surface area contributed by atoms with Crippen molar-refractivity contribution in [2.75, 3.05) is 19.0 Å². The van der Waals surface area contributed by atoms with Gasteiger partial charge < -0.3 is 14.8 Å². The molecule has 1 heterocycles. The lowest BCUT2D eigenvalue weighted by Crippen LogP contribution is -2.05. The first-order chi connectivity index (χ1) is 9.72. The molecule has 1 N–H and O–H groups in total. The summed E-state index contributed by atoms with van der Waals surface area (Å²) in [5.41, 5.74) is 1.56. The molecule has 0 aliphatic rings. The smallest absolute Gasteiger partial charge is 0.213 e. The first-order valence-electron chi connectivity index (χ1n) is 6.39. The largest absolute Gasteiger partial charge is 0.492 e. The molecule has 1 aromatic carbocycles. The Bertz CT molecular complexity index is 576. The molecule has 2 rings (SSSR count). The topological polar surface area (TPSA) is 43.4 Å². The molecule has 4 nitrogen and oxygen atoms in total. The van der Waals surface area contributed by atoms with Gasteiger partial charge in [-0.15, -0.1) is 0 Å². The third kappa shape index (κ3) is 3.60. The van der Waals surface area contributed by atoms with Gasteiger partial charge in [0, 0.05) is 12.1 Å². The summed E-state index contributed by atoms with van der Waals surface area (Å²) < 4.78 is 23.7. The van der Waals surface area contributed by atoms with Crippen molar-refractivity contribution in [3.8, 4) is 11.6 Å². The summed E-state index contributed by atoms with van der Waals surface area (Å²) in [6, 6.07) is 9.96. The van der Waals surface area contributed by atoms with Crippen LogP contribution in [0.3, 0.4) is 0 Å². The van der Waals surface area contributed by atoms with E-state index >= 15 is 0 Å². The maximum atomic E-state index is 13.2. The van der Waals surface area contributed by atoms with Gasteiger partial charge in [0.05, 0.1) is 31.6 Å². The molecule has 106 valence electrons. The van der Waals surface area contributed by atoms with Crippen molar-refractivity contribution >= 4 is 5.69 Å². The Balaban J connectivity index is 2.09. The molecule has 0 unspecified atom stereocenters. The average Bonchev–Trinajstić information content (AvgIpc) is 2.47. The Morgan fingerprint density at radius 2 is 2.10 bits per heavy atom. The van der Waals surface area contributed by atoms with Crippen LogP contribution in [0, 0.1) is 5.82 Å². The average molecular weight is 276 g/mol. The molecule has 0 aliphatic heterocycles. The third-order valence-electron chi connectivity index (χ3n) is 2.69. The van der Waals surface area contributed by atoms with E-state index in [1.54, 1.807) is 19.2 Å². The minimum atomic E-state index is -0.321. The molecule has 0 saturated carbocycles. The van der Waals surface area contributed by atoms with Crippen molar-refractivity contribution in [3.63, 3.8) is 0 Å². The number of anilines is 1. The Kier molecular flexibility index (Phi) is 4.76. The van der Waals surface area contributed by atoms with Gasteiger partial charge in [-0.05, 0) is 25.1 Å². The molecule has 2 aromatic rings. The molecular formula is C15H17FN2O2. The van der Waals surface area contributed by atoms with Crippen LogP contribution in [0.4, 0.5) is 10.1 Å². The number of rotatable bonds is 6. The number of ether oxygens (including phenoxy) is 2. The number of aromatic nitrogens is 1. The quantitative estimate of drug-likeness (QED) is 0.879. The SMILES string of the molecule is CCOc1cc(F)ccc1NCc1cccc(OC)n1. The van der Waals surface area contributed by atoms with Gasteiger partial charge in [-0.1, -0.05) is 6.07 Å². The Hall–Kier alpha value is -2.30. The highest BCUT2D eigenvalue weighted by atomic mass is 19.1. The minimum absolute atomic E-state index is 0.321. The van der Waals surface area contributed by atoms with Crippen molar-refractivity contribution < 1.29 is 13.9 Å². The lowest BCUT2D eigenvalue weighted by molar-refractivity contribution is 0.339. The number of methoxy groups -OCH3 is 1. The van der Waals surface area contributed by atoms with E-state index in [2.05, 4.69) is 10.3 Å². The van der Waals surface area contributed by atoms with Crippen molar-refractivity contribution in [1.82, 2.24) is 4.98 Å². The molecule has 1 aromatic heterocycles. The highest BCUT2D eigenvalue weighted by Gasteiger charge is 2.05. The van der Waals surface area contributed by atoms with Crippen molar-refractivity contribution in [1.29, 1.82) is 0 Å². The fourth-order valence-corrected chi connectivity index (χ4v) is 1.77. The van der Waals surface area contributed by atoms with E-state index in [1.165, 1.54) is 12.1 Å². The molecule has 0 atom stereocenters. The molecule has 0 aliphatic carbocycles. The molecule has 5 heteroatoms. The normalized spacial score (nSPS) is 10.2. The monoisotopic (exact) mass is 276 g/mol. The number of nitrogens with one attached hydrogen (secondary N) is 1. The van der Waals surface area contributed by atoms with Crippen LogP contribution in [0.5, 0.6) is 11.6 Å². The van der Waals surface area contributed by atoms with E-state index in [4.69, 9.17) is 9.47 Å². The first kappa shape index (κ1) is 14.1. The predicted molar refractivity (Wildman–Crippen MR) is 75.7 cm³/mol. The molecule has 0 fully saturated rings. The molecule has 0 spiro atoms. The number of hydrogen-bond acceptors (Lipinski definition) is 4. The van der Waals surface area contributed by atoms with Crippen molar-refractivity contribution in [2.45, 2.75) is 13.5 Å². The van der Waals surface area contributed by atoms with E-state index in [-0.39, 0.29) is 5.82 Å². The molecule has 0 bridgehead atoms. The Morgan fingerprint density at radius 1 is 1.25 bits per heavy atom. The molecule has 0 radical (unpaired) electrons. The number of hydrogen-bond donors (Lipinski definition) is 1. The maximum absolute atomic E-state index is 13.2. The summed E-state index contributed by atoms with van der Waals surface area (Å²) in [5.74, 6) is 0.738. The molecule has 0 saturated heterocycles. The van der Waals surface area contributed by atoms with Gasteiger partial charge in [0.1, 0.15) is 11.6 Å². The van der Waals surface area contributed by atoms with Crippen LogP contribution in [0.1, 0.15) is 12.6 Å². The number of pyridine rings is 1. The second-order valence-electron chi connectivity index (χ2n) is 4.10. The van der Waals surface area contributed by atoms with Gasteiger partial charge in [0.15, 0.2) is 0 Å². The highest BCUT2D eigenvalue weighted by molar-refractivity contribution is 5.56. The summed E-state index contributed by atoms with van der Waals surface area (Å²) in [5, 5.41) is 3.18. The number of nitrogens with zero attached hydrogens (tertiary/aromatic N) is 1. The van der Waals surface area contributed by atoms with Gasteiger partial charge in [0.2, 0.25) is 5.88 Å². The third-order valence-corrected chi connectivity index (χ3v) is 2.69. The summed E-state index contributed by atoms with van der Waals surface area (Å²) >= 11 is 0. The van der Waals surface area contributed by atoms with Crippen LogP contribution in [-0.4, -0.2) is 18.7 Å². The van der Waals surface area contributed by atoms with E-state index in [0.717, 1.165) is 11.4 Å². The summed E-state index contributed by atoms with van der Waals surface area (Å²) in [4.78, 5) is 4.30. The van der Waals surface area contributed by atoms with Crippen LogP contribution >= 0.6 is 0 Å². The summed E-state index contributed by atoms with van der Waals surface area (Å²) in [6.07, 6.45) is 0. The highest BCUT2D eigenvalue weighted by Crippen LogP contribution is 2.25. The zero-order valence-electron chi connectivity index (χ0n) is 11.5. The van der Waals surface area contributed by atoms with Crippen LogP contribution in [0.2, 0.25) is 0 Å². The number of benzene rings is 1. The lowest BCUT2D eigenvalue weighted by atomic mass is 10.2. The Morgan fingerprint density at radius 3 is 2.85 bits per heavy atom. The fourth-order valence-electron chi connectivity index (χ4n) is 1.77. The standard InChI is InChI=1S/C15H17FN2O2/c1-3-20-14-9-11(16)7-8-13(14)17-10-12-5-4-6-15(18-12)19-2/h4-9,17H,3,10H2,1-2H3.